The van der Waals surface area contributed by atoms with E-state index in [4.69, 9.17) is 0 Å². The van der Waals surface area contributed by atoms with Gasteiger partial charge in [0.25, 0.3) is 0 Å². The Balaban J connectivity index is 2.48. The first-order valence-electron chi connectivity index (χ1n) is 5.81. The topological polar surface area (TPSA) is 46.2 Å². The Morgan fingerprint density at radius 1 is 1.12 bits per heavy atom. The average molecular weight is 320 g/mol. The molecule has 96 valence electrons. The summed E-state index contributed by atoms with van der Waals surface area (Å²) in [6.07, 6.45) is 4.27. The minimum atomic E-state index is -3.34. The quantitative estimate of drug-likeness (QED) is 0.784. The molecular weight excluding hydrogens is 302 g/mol. The molecule has 0 aliphatic carbocycles. The zero-order chi connectivity index (χ0) is 12.7. The Labute approximate surface area is 112 Å². The summed E-state index contributed by atoms with van der Waals surface area (Å²) in [5.41, 5.74) is 0. The van der Waals surface area contributed by atoms with Gasteiger partial charge in [0.15, 0.2) is 0 Å². The Hall–Kier alpha value is -0.390. The predicted molar refractivity (Wildman–Crippen MR) is 73.5 cm³/mol. The van der Waals surface area contributed by atoms with Crippen LogP contribution in [0.4, 0.5) is 0 Å². The Bertz CT molecular complexity index is 428. The molecule has 1 rings (SSSR count). The van der Waals surface area contributed by atoms with Gasteiger partial charge in [0.05, 0.1) is 4.90 Å². The highest BCUT2D eigenvalue weighted by Crippen LogP contribution is 2.14. The van der Waals surface area contributed by atoms with Crippen LogP contribution in [0.25, 0.3) is 0 Å². The lowest BCUT2D eigenvalue weighted by molar-refractivity contribution is 0.573. The highest BCUT2D eigenvalue weighted by molar-refractivity contribution is 9.10. The Morgan fingerprint density at radius 2 is 1.76 bits per heavy atom. The first-order chi connectivity index (χ1) is 8.06. The van der Waals surface area contributed by atoms with Crippen LogP contribution in [-0.4, -0.2) is 15.0 Å². The van der Waals surface area contributed by atoms with Gasteiger partial charge in [-0.2, -0.15) is 0 Å². The number of benzene rings is 1. The molecule has 5 heteroatoms. The van der Waals surface area contributed by atoms with Gasteiger partial charge in [0.2, 0.25) is 10.0 Å². The van der Waals surface area contributed by atoms with Gasteiger partial charge in [0.1, 0.15) is 0 Å². The van der Waals surface area contributed by atoms with Crippen LogP contribution in [0, 0.1) is 0 Å². The maximum absolute atomic E-state index is 11.8. The highest BCUT2D eigenvalue weighted by atomic mass is 79.9. The number of rotatable bonds is 7. The summed E-state index contributed by atoms with van der Waals surface area (Å²) in [5.74, 6) is 0. The van der Waals surface area contributed by atoms with Crippen LogP contribution in [0.3, 0.4) is 0 Å². The van der Waals surface area contributed by atoms with Gasteiger partial charge in [-0.05, 0) is 30.7 Å². The van der Waals surface area contributed by atoms with Crippen molar-refractivity contribution in [3.05, 3.63) is 28.7 Å². The first-order valence-corrected chi connectivity index (χ1v) is 8.09. The van der Waals surface area contributed by atoms with Crippen molar-refractivity contribution in [1.29, 1.82) is 0 Å². The molecule has 0 aliphatic heterocycles. The number of nitrogens with one attached hydrogen (secondary N) is 1. The second kappa shape index (κ2) is 7.13. The van der Waals surface area contributed by atoms with E-state index in [0.29, 0.717) is 11.4 Å². The molecule has 0 radical (unpaired) electrons. The van der Waals surface area contributed by atoms with E-state index in [1.807, 2.05) is 0 Å². The van der Waals surface area contributed by atoms with Gasteiger partial charge in [-0.1, -0.05) is 42.1 Å². The number of unbranched alkanes of at least 4 members (excludes halogenated alkanes) is 3. The van der Waals surface area contributed by atoms with Crippen LogP contribution in [0.15, 0.2) is 33.6 Å². The van der Waals surface area contributed by atoms with Crippen molar-refractivity contribution in [3.8, 4) is 0 Å². The van der Waals surface area contributed by atoms with Crippen molar-refractivity contribution in [1.82, 2.24) is 4.72 Å². The third-order valence-corrected chi connectivity index (χ3v) is 4.45. The van der Waals surface area contributed by atoms with Crippen LogP contribution >= 0.6 is 15.9 Å². The van der Waals surface area contributed by atoms with E-state index in [0.717, 1.165) is 30.2 Å². The van der Waals surface area contributed by atoms with Crippen LogP contribution in [0.5, 0.6) is 0 Å². The fraction of sp³-hybridized carbons (Fsp3) is 0.500. The molecule has 0 heterocycles. The molecule has 0 saturated carbocycles. The fourth-order valence-electron chi connectivity index (χ4n) is 1.46. The number of hydrogen-bond acceptors (Lipinski definition) is 2. The second-order valence-electron chi connectivity index (χ2n) is 3.91. The monoisotopic (exact) mass is 319 g/mol. The van der Waals surface area contributed by atoms with E-state index >= 15 is 0 Å². The van der Waals surface area contributed by atoms with Crippen molar-refractivity contribution in [2.75, 3.05) is 6.54 Å². The molecule has 0 fully saturated rings. The van der Waals surface area contributed by atoms with Gasteiger partial charge in [0, 0.05) is 11.0 Å². The molecular formula is C12H18BrNO2S. The summed E-state index contributed by atoms with van der Waals surface area (Å²) >= 11 is 3.28. The van der Waals surface area contributed by atoms with Crippen LogP contribution in [0.1, 0.15) is 32.6 Å². The third kappa shape index (κ3) is 5.19. The number of halogens is 1. The summed E-state index contributed by atoms with van der Waals surface area (Å²) in [6, 6.07) is 6.65. The van der Waals surface area contributed by atoms with Gasteiger partial charge in [-0.3, -0.25) is 0 Å². The molecule has 0 saturated heterocycles. The van der Waals surface area contributed by atoms with Crippen molar-refractivity contribution >= 4 is 26.0 Å². The molecule has 0 unspecified atom stereocenters. The molecule has 0 atom stereocenters. The van der Waals surface area contributed by atoms with E-state index in [1.165, 1.54) is 0 Å². The SMILES string of the molecule is CCCCCCNS(=O)(=O)c1ccc(Br)cc1. The molecule has 1 N–H and O–H groups in total. The van der Waals surface area contributed by atoms with Gasteiger partial charge < -0.3 is 0 Å². The summed E-state index contributed by atoms with van der Waals surface area (Å²) in [6.45, 7) is 2.64. The largest absolute Gasteiger partial charge is 0.240 e. The van der Waals surface area contributed by atoms with Gasteiger partial charge in [-0.15, -0.1) is 0 Å². The normalized spacial score (nSPS) is 11.6. The number of sulfonamides is 1. The van der Waals surface area contributed by atoms with Crippen molar-refractivity contribution in [2.45, 2.75) is 37.5 Å². The molecule has 0 amide bonds. The smallest absolute Gasteiger partial charge is 0.211 e. The van der Waals surface area contributed by atoms with E-state index in [9.17, 15) is 8.42 Å². The fourth-order valence-corrected chi connectivity index (χ4v) is 2.79. The van der Waals surface area contributed by atoms with Crippen molar-refractivity contribution in [3.63, 3.8) is 0 Å². The van der Waals surface area contributed by atoms with Crippen molar-refractivity contribution in [2.24, 2.45) is 0 Å². The second-order valence-corrected chi connectivity index (χ2v) is 6.59. The van der Waals surface area contributed by atoms with E-state index in [1.54, 1.807) is 24.3 Å². The van der Waals surface area contributed by atoms with E-state index in [-0.39, 0.29) is 0 Å². The molecule has 0 aliphatic rings. The maximum Gasteiger partial charge on any atom is 0.240 e. The standard InChI is InChI=1S/C12H18BrNO2S/c1-2-3-4-5-10-14-17(15,16)12-8-6-11(13)7-9-12/h6-9,14H,2-5,10H2,1H3. The first kappa shape index (κ1) is 14.7. The Morgan fingerprint density at radius 3 is 2.35 bits per heavy atom. The zero-order valence-corrected chi connectivity index (χ0v) is 12.4. The van der Waals surface area contributed by atoms with E-state index in [2.05, 4.69) is 27.6 Å². The van der Waals surface area contributed by atoms with Crippen LogP contribution < -0.4 is 4.72 Å². The van der Waals surface area contributed by atoms with E-state index < -0.39 is 10.0 Å². The molecule has 3 nitrogen and oxygen atoms in total. The third-order valence-electron chi connectivity index (χ3n) is 2.45. The highest BCUT2D eigenvalue weighted by Gasteiger charge is 2.12. The lowest BCUT2D eigenvalue weighted by Gasteiger charge is -2.06. The predicted octanol–water partition coefficient (Wildman–Crippen LogP) is 3.31. The zero-order valence-electron chi connectivity index (χ0n) is 9.95. The molecule has 1 aromatic carbocycles. The summed E-state index contributed by atoms with van der Waals surface area (Å²) < 4.78 is 27.2. The lowest BCUT2D eigenvalue weighted by Crippen LogP contribution is -2.24. The summed E-state index contributed by atoms with van der Waals surface area (Å²) in [7, 11) is -3.34. The van der Waals surface area contributed by atoms with Gasteiger partial charge >= 0.3 is 0 Å². The number of hydrogen-bond donors (Lipinski definition) is 1. The lowest BCUT2D eigenvalue weighted by atomic mass is 10.2. The van der Waals surface area contributed by atoms with Crippen LogP contribution in [-0.2, 0) is 10.0 Å². The van der Waals surface area contributed by atoms with Crippen LogP contribution in [0.2, 0.25) is 0 Å². The minimum absolute atomic E-state index is 0.316. The van der Waals surface area contributed by atoms with Crippen molar-refractivity contribution < 1.29 is 8.42 Å². The average Bonchev–Trinajstić information content (AvgIpc) is 2.29. The molecule has 0 aromatic heterocycles. The molecule has 1 aromatic rings. The molecule has 0 spiro atoms. The Kier molecular flexibility index (Phi) is 6.16. The summed E-state index contributed by atoms with van der Waals surface area (Å²) in [4.78, 5) is 0.316. The maximum atomic E-state index is 11.8. The summed E-state index contributed by atoms with van der Waals surface area (Å²) in [5, 5.41) is 0. The van der Waals surface area contributed by atoms with Gasteiger partial charge in [-0.25, -0.2) is 13.1 Å². The minimum Gasteiger partial charge on any atom is -0.211 e. The molecule has 0 bridgehead atoms. The molecule has 17 heavy (non-hydrogen) atoms.